The highest BCUT2D eigenvalue weighted by atomic mass is 16.2. The van der Waals surface area contributed by atoms with Gasteiger partial charge >= 0.3 is 6.03 Å². The molecule has 0 radical (unpaired) electrons. The molecule has 8 heavy (non-hydrogen) atoms. The SMILES string of the molecule is N#CO.NNC(N)=O. The summed E-state index contributed by atoms with van der Waals surface area (Å²) in [7, 11) is 0. The molecule has 0 saturated heterocycles. The first-order chi connectivity index (χ1) is 3.68. The molecular formula is C2H6N4O2. The molecule has 0 heterocycles. The number of primary amides is 1. The van der Waals surface area contributed by atoms with Gasteiger partial charge in [0, 0.05) is 0 Å². The highest BCUT2D eigenvalue weighted by Gasteiger charge is 1.73. The Kier molecular flexibility index (Phi) is 11.1. The Balaban J connectivity index is 0. The lowest BCUT2D eigenvalue weighted by Crippen LogP contribution is -2.34. The molecule has 0 spiro atoms. The second kappa shape index (κ2) is 9.10. The Labute approximate surface area is 45.7 Å². The second-order valence-electron chi connectivity index (χ2n) is 0.609. The van der Waals surface area contributed by atoms with E-state index in [0.717, 1.165) is 6.26 Å². The van der Waals surface area contributed by atoms with Crippen molar-refractivity contribution in [3.8, 4) is 6.26 Å². The molecule has 46 valence electrons. The molecule has 6 nitrogen and oxygen atoms in total. The zero-order chi connectivity index (χ0) is 6.99. The topological polar surface area (TPSA) is 125 Å². The van der Waals surface area contributed by atoms with Crippen molar-refractivity contribution >= 4 is 6.03 Å². The monoisotopic (exact) mass is 118 g/mol. The van der Waals surface area contributed by atoms with Gasteiger partial charge in [0.05, 0.1) is 0 Å². The number of urea groups is 1. The number of rotatable bonds is 0. The zero-order valence-electron chi connectivity index (χ0n) is 3.96. The van der Waals surface area contributed by atoms with Crippen LogP contribution in [0.15, 0.2) is 0 Å². The number of aliphatic hydroxyl groups is 1. The van der Waals surface area contributed by atoms with Crippen molar-refractivity contribution < 1.29 is 9.90 Å². The third kappa shape index (κ3) is 207. The Morgan fingerprint density at radius 2 is 2.00 bits per heavy atom. The van der Waals surface area contributed by atoms with Gasteiger partial charge in [0.15, 0.2) is 0 Å². The molecule has 0 aliphatic carbocycles. The molecule has 0 unspecified atom stereocenters. The molecular weight excluding hydrogens is 112 g/mol. The van der Waals surface area contributed by atoms with E-state index in [1.54, 1.807) is 5.43 Å². The summed E-state index contributed by atoms with van der Waals surface area (Å²) < 4.78 is 0. The van der Waals surface area contributed by atoms with Crippen molar-refractivity contribution in [2.24, 2.45) is 11.6 Å². The molecule has 2 amide bonds. The van der Waals surface area contributed by atoms with E-state index in [0.29, 0.717) is 0 Å². The number of carbonyl (C=O) groups is 1. The van der Waals surface area contributed by atoms with E-state index in [1.165, 1.54) is 0 Å². The smallest absolute Gasteiger partial charge is 0.326 e. The van der Waals surface area contributed by atoms with Gasteiger partial charge in [0.25, 0.3) is 6.26 Å². The molecule has 0 aromatic heterocycles. The second-order valence-corrected chi connectivity index (χ2v) is 0.609. The molecule has 0 aromatic rings. The molecule has 6 heteroatoms. The Hall–Kier alpha value is -1.48. The fourth-order valence-corrected chi connectivity index (χ4v) is 0. The van der Waals surface area contributed by atoms with Crippen LogP contribution in [0.25, 0.3) is 0 Å². The van der Waals surface area contributed by atoms with E-state index < -0.39 is 6.03 Å². The fraction of sp³-hybridized carbons (Fsp3) is 0. The van der Waals surface area contributed by atoms with E-state index in [-0.39, 0.29) is 0 Å². The molecule has 0 bridgehead atoms. The van der Waals surface area contributed by atoms with E-state index in [1.807, 2.05) is 0 Å². The number of hydrogen-bond acceptors (Lipinski definition) is 4. The highest BCUT2D eigenvalue weighted by Crippen LogP contribution is 1.34. The lowest BCUT2D eigenvalue weighted by atomic mass is 11.2. The van der Waals surface area contributed by atoms with E-state index >= 15 is 0 Å². The number of aliphatic hydroxyl groups excluding tert-OH is 1. The minimum atomic E-state index is -0.718. The number of hydrazine groups is 1. The number of nitrogens with zero attached hydrogens (tertiary/aromatic N) is 1. The summed E-state index contributed by atoms with van der Waals surface area (Å²) >= 11 is 0. The maximum absolute atomic E-state index is 9.35. The average Bonchev–Trinajstić information content (AvgIpc) is 1.69. The van der Waals surface area contributed by atoms with Crippen LogP contribution in [0.2, 0.25) is 0 Å². The molecule has 0 saturated carbocycles. The zero-order valence-corrected chi connectivity index (χ0v) is 3.96. The predicted molar refractivity (Wildman–Crippen MR) is 24.5 cm³/mol. The van der Waals surface area contributed by atoms with Crippen molar-refractivity contribution in [2.75, 3.05) is 0 Å². The molecule has 6 N–H and O–H groups in total. The minimum Gasteiger partial charge on any atom is -0.443 e. The van der Waals surface area contributed by atoms with Crippen LogP contribution in [-0.2, 0) is 0 Å². The number of carbonyl (C=O) groups excluding carboxylic acids is 1. The van der Waals surface area contributed by atoms with Gasteiger partial charge in [0.2, 0.25) is 0 Å². The normalized spacial score (nSPS) is 5.00. The van der Waals surface area contributed by atoms with Gasteiger partial charge < -0.3 is 10.8 Å². The summed E-state index contributed by atoms with van der Waals surface area (Å²) in [6, 6.07) is -0.718. The number of nitrogens with one attached hydrogen (secondary N) is 1. The molecule has 0 aliphatic rings. The van der Waals surface area contributed by atoms with Crippen LogP contribution in [0.5, 0.6) is 0 Å². The number of nitrogens with two attached hydrogens (primary N) is 2. The Bertz CT molecular complexity index is 94.7. The summed E-state index contributed by atoms with van der Waals surface area (Å²) in [5.74, 6) is 4.45. The van der Waals surface area contributed by atoms with Crippen molar-refractivity contribution in [3.05, 3.63) is 0 Å². The van der Waals surface area contributed by atoms with Crippen LogP contribution in [-0.4, -0.2) is 11.1 Å². The largest absolute Gasteiger partial charge is 0.443 e. The standard InChI is InChI=1S/CH5N3O.CHNO/c2-1(5)4-3;2-1-3/h3H2,(H3,2,4,5);3H. The van der Waals surface area contributed by atoms with Crippen LogP contribution in [0.1, 0.15) is 0 Å². The molecule has 0 aliphatic heterocycles. The van der Waals surface area contributed by atoms with Crippen LogP contribution < -0.4 is 17.0 Å². The van der Waals surface area contributed by atoms with Gasteiger partial charge in [-0.2, -0.15) is 5.26 Å². The third-order valence-electron chi connectivity index (χ3n) is 0.142. The number of amides is 2. The lowest BCUT2D eigenvalue weighted by Gasteiger charge is -1.81. The van der Waals surface area contributed by atoms with Crippen LogP contribution in [0.3, 0.4) is 0 Å². The van der Waals surface area contributed by atoms with Crippen LogP contribution in [0, 0.1) is 11.5 Å². The summed E-state index contributed by atoms with van der Waals surface area (Å²) in [6.45, 7) is 0. The lowest BCUT2D eigenvalue weighted by molar-refractivity contribution is 0.249. The maximum Gasteiger partial charge on any atom is 0.326 e. The number of nitriles is 1. The van der Waals surface area contributed by atoms with E-state index in [4.69, 9.17) is 10.4 Å². The van der Waals surface area contributed by atoms with E-state index in [9.17, 15) is 4.79 Å². The molecule has 0 aromatic carbocycles. The predicted octanol–water partition coefficient (Wildman–Crippen LogP) is -1.63. The number of hydrogen-bond donors (Lipinski definition) is 4. The first-order valence-electron chi connectivity index (χ1n) is 1.48. The fourth-order valence-electron chi connectivity index (χ4n) is 0. The maximum atomic E-state index is 9.35. The van der Waals surface area contributed by atoms with Crippen LogP contribution in [0.4, 0.5) is 4.79 Å². The van der Waals surface area contributed by atoms with Crippen molar-refractivity contribution in [3.63, 3.8) is 0 Å². The van der Waals surface area contributed by atoms with Gasteiger partial charge in [-0.15, -0.1) is 0 Å². The van der Waals surface area contributed by atoms with Gasteiger partial charge in [-0.1, -0.05) is 0 Å². The van der Waals surface area contributed by atoms with Crippen molar-refractivity contribution in [1.29, 1.82) is 5.26 Å². The third-order valence-corrected chi connectivity index (χ3v) is 0.142. The van der Waals surface area contributed by atoms with Gasteiger partial charge in [-0.3, -0.25) is 5.43 Å². The summed E-state index contributed by atoms with van der Waals surface area (Å²) in [6.07, 6.45) is 0.750. The summed E-state index contributed by atoms with van der Waals surface area (Å²) in [4.78, 5) is 9.35. The van der Waals surface area contributed by atoms with Gasteiger partial charge in [-0.25, -0.2) is 10.6 Å². The Morgan fingerprint density at radius 1 is 1.88 bits per heavy atom. The Morgan fingerprint density at radius 3 is 2.00 bits per heavy atom. The van der Waals surface area contributed by atoms with Gasteiger partial charge in [-0.05, 0) is 0 Å². The summed E-state index contributed by atoms with van der Waals surface area (Å²) in [5, 5.41) is 13.8. The summed E-state index contributed by atoms with van der Waals surface area (Å²) in [5.41, 5.74) is 6.08. The van der Waals surface area contributed by atoms with Crippen LogP contribution >= 0.6 is 0 Å². The molecule has 0 fully saturated rings. The van der Waals surface area contributed by atoms with Crippen molar-refractivity contribution in [2.45, 2.75) is 0 Å². The average molecular weight is 118 g/mol. The first-order valence-corrected chi connectivity index (χ1v) is 1.48. The highest BCUT2D eigenvalue weighted by molar-refractivity contribution is 5.70. The molecule has 0 rings (SSSR count). The van der Waals surface area contributed by atoms with Gasteiger partial charge in [0.1, 0.15) is 0 Å². The van der Waals surface area contributed by atoms with E-state index in [2.05, 4.69) is 11.6 Å². The van der Waals surface area contributed by atoms with Crippen molar-refractivity contribution in [1.82, 2.24) is 5.43 Å². The minimum absolute atomic E-state index is 0.718. The first kappa shape index (κ1) is 9.72. The quantitative estimate of drug-likeness (QED) is 0.132. The molecule has 0 atom stereocenters.